The van der Waals surface area contributed by atoms with Gasteiger partial charge in [-0.1, -0.05) is 23.7 Å². The van der Waals surface area contributed by atoms with Gasteiger partial charge in [0.25, 0.3) is 0 Å². The molecule has 6 heteroatoms. The van der Waals surface area contributed by atoms with Crippen molar-refractivity contribution in [3.05, 3.63) is 46.7 Å². The fourth-order valence-electron chi connectivity index (χ4n) is 2.00. The summed E-state index contributed by atoms with van der Waals surface area (Å²) in [5, 5.41) is 4.47. The van der Waals surface area contributed by atoms with E-state index in [1.807, 2.05) is 24.3 Å². The molecule has 5 nitrogen and oxygen atoms in total. The van der Waals surface area contributed by atoms with Gasteiger partial charge in [-0.15, -0.1) is 0 Å². The van der Waals surface area contributed by atoms with E-state index < -0.39 is 0 Å². The van der Waals surface area contributed by atoms with Crippen LogP contribution in [0.25, 0.3) is 0 Å². The molecule has 0 aliphatic carbocycles. The first kappa shape index (κ1) is 15.5. The Kier molecular flexibility index (Phi) is 5.36. The van der Waals surface area contributed by atoms with Crippen LogP contribution in [-0.2, 0) is 17.7 Å². The van der Waals surface area contributed by atoms with Crippen molar-refractivity contribution in [1.82, 2.24) is 9.78 Å². The molecule has 112 valence electrons. The van der Waals surface area contributed by atoms with Crippen LogP contribution in [0.5, 0.6) is 5.75 Å². The molecule has 2 rings (SSSR count). The molecular weight excluding hydrogens is 292 g/mol. The Labute approximate surface area is 128 Å². The topological polar surface area (TPSA) is 53.4 Å². The zero-order valence-corrected chi connectivity index (χ0v) is 12.8. The lowest BCUT2D eigenvalue weighted by Crippen LogP contribution is -2.15. The number of halogens is 1. The van der Waals surface area contributed by atoms with Crippen LogP contribution < -0.4 is 4.74 Å². The number of carbonyl (C=O) groups excluding carboxylic acids is 1. The molecule has 0 fully saturated rings. The van der Waals surface area contributed by atoms with Crippen LogP contribution in [0.15, 0.2) is 30.5 Å². The number of carbonyl (C=O) groups is 1. The van der Waals surface area contributed by atoms with E-state index in [2.05, 4.69) is 5.10 Å². The van der Waals surface area contributed by atoms with Crippen molar-refractivity contribution >= 4 is 17.4 Å². The van der Waals surface area contributed by atoms with Crippen LogP contribution in [-0.4, -0.2) is 36.4 Å². The van der Waals surface area contributed by atoms with Gasteiger partial charge in [0.1, 0.15) is 11.4 Å². The summed E-state index contributed by atoms with van der Waals surface area (Å²) in [4.78, 5) is 12.4. The first-order valence-electron chi connectivity index (χ1n) is 6.52. The van der Waals surface area contributed by atoms with E-state index in [4.69, 9.17) is 21.1 Å². The van der Waals surface area contributed by atoms with Crippen molar-refractivity contribution < 1.29 is 14.3 Å². The highest BCUT2D eigenvalue weighted by atomic mass is 35.5. The maximum atomic E-state index is 12.4. The molecule has 0 radical (unpaired) electrons. The summed E-state index contributed by atoms with van der Waals surface area (Å²) in [5.41, 5.74) is 1.32. The fourth-order valence-corrected chi connectivity index (χ4v) is 2.25. The summed E-state index contributed by atoms with van der Waals surface area (Å²) in [7, 11) is 3.21. The van der Waals surface area contributed by atoms with Crippen molar-refractivity contribution in [3.8, 4) is 5.75 Å². The van der Waals surface area contributed by atoms with Gasteiger partial charge in [0.15, 0.2) is 5.78 Å². The minimum Gasteiger partial charge on any atom is -0.497 e. The Morgan fingerprint density at radius 1 is 1.29 bits per heavy atom. The van der Waals surface area contributed by atoms with Crippen LogP contribution in [0.3, 0.4) is 0 Å². The lowest BCUT2D eigenvalue weighted by atomic mass is 10.1. The van der Waals surface area contributed by atoms with Gasteiger partial charge in [-0.05, 0) is 17.7 Å². The number of benzene rings is 1. The maximum absolute atomic E-state index is 12.4. The number of nitrogens with zero attached hydrogens (tertiary/aromatic N) is 2. The minimum absolute atomic E-state index is 0.0706. The van der Waals surface area contributed by atoms with Gasteiger partial charge in [-0.25, -0.2) is 0 Å². The summed E-state index contributed by atoms with van der Waals surface area (Å²) in [5.74, 6) is 0.688. The number of hydrogen-bond donors (Lipinski definition) is 0. The third-order valence-electron chi connectivity index (χ3n) is 3.09. The molecule has 1 heterocycles. The second-order valence-corrected chi connectivity index (χ2v) is 4.91. The minimum atomic E-state index is -0.0706. The Morgan fingerprint density at radius 2 is 2.00 bits per heavy atom. The van der Waals surface area contributed by atoms with Gasteiger partial charge in [0.05, 0.1) is 31.5 Å². The van der Waals surface area contributed by atoms with E-state index in [-0.39, 0.29) is 12.2 Å². The summed E-state index contributed by atoms with van der Waals surface area (Å²) in [6.07, 6.45) is 1.75. The van der Waals surface area contributed by atoms with Crippen LogP contribution >= 0.6 is 11.6 Å². The van der Waals surface area contributed by atoms with E-state index in [9.17, 15) is 4.79 Å². The molecular formula is C15H17ClN2O3. The Balaban J connectivity index is 2.13. The Morgan fingerprint density at radius 3 is 2.62 bits per heavy atom. The van der Waals surface area contributed by atoms with E-state index >= 15 is 0 Å². The molecule has 0 N–H and O–H groups in total. The molecule has 2 aromatic rings. The van der Waals surface area contributed by atoms with Gasteiger partial charge in [0.2, 0.25) is 0 Å². The standard InChI is InChI=1S/C15H17ClN2O3/c1-20-8-7-18-15(13(16)10-17-18)14(19)9-11-3-5-12(21-2)6-4-11/h3-6,10H,7-9H2,1-2H3. The fraction of sp³-hybridized carbons (Fsp3) is 0.333. The summed E-state index contributed by atoms with van der Waals surface area (Å²) in [6.45, 7) is 0.966. The normalized spacial score (nSPS) is 10.6. The SMILES string of the molecule is COCCn1ncc(Cl)c1C(=O)Cc1ccc(OC)cc1. The van der Waals surface area contributed by atoms with Crippen molar-refractivity contribution in [3.63, 3.8) is 0 Å². The number of aromatic nitrogens is 2. The number of Topliss-reactive ketones (excluding diaryl/α,β-unsaturated/α-hetero) is 1. The van der Waals surface area contributed by atoms with Crippen molar-refractivity contribution in [2.24, 2.45) is 0 Å². The highest BCUT2D eigenvalue weighted by molar-refractivity contribution is 6.33. The molecule has 21 heavy (non-hydrogen) atoms. The van der Waals surface area contributed by atoms with Crippen LogP contribution in [0.4, 0.5) is 0 Å². The molecule has 0 amide bonds. The van der Waals surface area contributed by atoms with Crippen molar-refractivity contribution in [2.45, 2.75) is 13.0 Å². The average molecular weight is 309 g/mol. The smallest absolute Gasteiger partial charge is 0.186 e. The molecule has 0 unspecified atom stereocenters. The summed E-state index contributed by atoms with van der Waals surface area (Å²) >= 11 is 6.07. The van der Waals surface area contributed by atoms with Crippen LogP contribution in [0, 0.1) is 0 Å². The van der Waals surface area contributed by atoms with Gasteiger partial charge in [-0.3, -0.25) is 9.48 Å². The average Bonchev–Trinajstić information content (AvgIpc) is 2.87. The predicted molar refractivity (Wildman–Crippen MR) is 80.1 cm³/mol. The van der Waals surface area contributed by atoms with E-state index in [1.54, 1.807) is 18.9 Å². The monoisotopic (exact) mass is 308 g/mol. The molecule has 0 aliphatic heterocycles. The third kappa shape index (κ3) is 3.83. The predicted octanol–water partition coefficient (Wildman–Crippen LogP) is 2.62. The molecule has 0 saturated carbocycles. The highest BCUT2D eigenvalue weighted by Crippen LogP contribution is 2.19. The second-order valence-electron chi connectivity index (χ2n) is 4.51. The largest absolute Gasteiger partial charge is 0.497 e. The number of methoxy groups -OCH3 is 2. The van der Waals surface area contributed by atoms with Crippen molar-refractivity contribution in [2.75, 3.05) is 20.8 Å². The maximum Gasteiger partial charge on any atom is 0.186 e. The highest BCUT2D eigenvalue weighted by Gasteiger charge is 2.17. The zero-order valence-electron chi connectivity index (χ0n) is 12.0. The molecule has 0 atom stereocenters. The molecule has 1 aromatic carbocycles. The van der Waals surface area contributed by atoms with Crippen molar-refractivity contribution in [1.29, 1.82) is 0 Å². The summed E-state index contributed by atoms with van der Waals surface area (Å²) < 4.78 is 11.7. The molecule has 0 spiro atoms. The van der Waals surface area contributed by atoms with Gasteiger partial charge in [0, 0.05) is 13.5 Å². The quantitative estimate of drug-likeness (QED) is 0.738. The van der Waals surface area contributed by atoms with E-state index in [1.165, 1.54) is 6.20 Å². The second kappa shape index (κ2) is 7.24. The van der Waals surface area contributed by atoms with E-state index in [0.717, 1.165) is 11.3 Å². The third-order valence-corrected chi connectivity index (χ3v) is 3.37. The Bertz CT molecular complexity index is 608. The van der Waals surface area contributed by atoms with Gasteiger partial charge < -0.3 is 9.47 Å². The first-order valence-corrected chi connectivity index (χ1v) is 6.90. The van der Waals surface area contributed by atoms with E-state index in [0.29, 0.717) is 23.9 Å². The number of hydrogen-bond acceptors (Lipinski definition) is 4. The molecule has 0 saturated heterocycles. The molecule has 0 aliphatic rings. The molecule has 0 bridgehead atoms. The zero-order chi connectivity index (χ0) is 15.2. The van der Waals surface area contributed by atoms with Crippen LogP contribution in [0.1, 0.15) is 16.1 Å². The Hall–Kier alpha value is -1.85. The summed E-state index contributed by atoms with van der Waals surface area (Å²) in [6, 6.07) is 7.37. The number of ketones is 1. The number of ether oxygens (including phenoxy) is 2. The van der Waals surface area contributed by atoms with Crippen LogP contribution in [0.2, 0.25) is 5.02 Å². The lowest BCUT2D eigenvalue weighted by molar-refractivity contribution is 0.0979. The lowest BCUT2D eigenvalue weighted by Gasteiger charge is -2.07. The van der Waals surface area contributed by atoms with Gasteiger partial charge in [-0.2, -0.15) is 5.10 Å². The number of rotatable bonds is 7. The first-order chi connectivity index (χ1) is 10.2. The van der Waals surface area contributed by atoms with Gasteiger partial charge >= 0.3 is 0 Å². The molecule has 1 aromatic heterocycles.